The van der Waals surface area contributed by atoms with E-state index in [9.17, 15) is 19.2 Å². The summed E-state index contributed by atoms with van der Waals surface area (Å²) in [6.45, 7) is 4.60. The summed E-state index contributed by atoms with van der Waals surface area (Å²) in [6, 6.07) is 0. The molecule has 29 heavy (non-hydrogen) atoms. The zero-order valence-electron chi connectivity index (χ0n) is 17.8. The monoisotopic (exact) mass is 400 g/mol. The van der Waals surface area contributed by atoms with Crippen LogP contribution >= 0.6 is 0 Å². The van der Waals surface area contributed by atoms with E-state index in [-0.39, 0.29) is 34.7 Å². The fourth-order valence-electron chi connectivity index (χ4n) is 7.56. The second-order valence-corrected chi connectivity index (χ2v) is 10.2. The van der Waals surface area contributed by atoms with Crippen LogP contribution in [0.1, 0.15) is 71.6 Å². The summed E-state index contributed by atoms with van der Waals surface area (Å²) in [6.07, 6.45) is 9.20. The van der Waals surface area contributed by atoms with E-state index in [1.165, 1.54) is 12.7 Å². The molecule has 6 atom stereocenters. The van der Waals surface area contributed by atoms with Gasteiger partial charge in [0.05, 0.1) is 13.5 Å². The molecule has 0 unspecified atom stereocenters. The predicted octanol–water partition coefficient (Wildman–Crippen LogP) is 3.84. The van der Waals surface area contributed by atoms with Gasteiger partial charge in [0, 0.05) is 12.3 Å². The SMILES string of the molecule is COC(=O)C(=O)CC(=O)[C@H]1CC[C@H]2[C@@H]3CCC4=CC(=O)CC[C@]4(C)[C@H]3CC[C@]12C. The molecule has 5 nitrogen and oxygen atoms in total. The lowest BCUT2D eigenvalue weighted by molar-refractivity contribution is -0.153. The molecule has 3 saturated carbocycles. The number of carbonyl (C=O) groups excluding carboxylic acids is 4. The molecule has 0 aliphatic heterocycles. The van der Waals surface area contributed by atoms with Crippen LogP contribution in [0.5, 0.6) is 0 Å². The van der Waals surface area contributed by atoms with Gasteiger partial charge in [-0.1, -0.05) is 19.4 Å². The Balaban J connectivity index is 1.54. The molecule has 158 valence electrons. The molecule has 0 saturated heterocycles. The summed E-state index contributed by atoms with van der Waals surface area (Å²) in [7, 11) is 1.17. The Morgan fingerprint density at radius 3 is 2.52 bits per heavy atom. The molecular weight excluding hydrogens is 368 g/mol. The van der Waals surface area contributed by atoms with Crippen LogP contribution in [0, 0.1) is 34.5 Å². The van der Waals surface area contributed by atoms with E-state index in [2.05, 4.69) is 18.6 Å². The van der Waals surface area contributed by atoms with Crippen LogP contribution < -0.4 is 0 Å². The van der Waals surface area contributed by atoms with E-state index < -0.39 is 11.8 Å². The van der Waals surface area contributed by atoms with E-state index in [0.717, 1.165) is 44.9 Å². The highest BCUT2D eigenvalue weighted by atomic mass is 16.5. The van der Waals surface area contributed by atoms with Crippen molar-refractivity contribution < 1.29 is 23.9 Å². The van der Waals surface area contributed by atoms with Crippen molar-refractivity contribution >= 4 is 23.3 Å². The second kappa shape index (κ2) is 7.17. The maximum atomic E-state index is 12.9. The van der Waals surface area contributed by atoms with Crippen LogP contribution in [-0.2, 0) is 23.9 Å². The molecule has 4 aliphatic carbocycles. The Kier molecular flexibility index (Phi) is 5.07. The standard InChI is InChI=1S/C24H32O5/c1-23-10-8-15(25)12-14(23)4-5-16-17-6-7-19(24(17,2)11-9-18(16)23)20(26)13-21(27)22(28)29-3/h12,16-19H,4-11,13H2,1-3H3/t16-,17-,18-,19+,23-,24-/m0/s1. The fraction of sp³-hybridized carbons (Fsp3) is 0.750. The number of fused-ring (bicyclic) bond motifs is 5. The number of allylic oxidation sites excluding steroid dienone is 1. The molecule has 4 rings (SSSR count). The van der Waals surface area contributed by atoms with Gasteiger partial charge < -0.3 is 4.74 Å². The molecule has 0 amide bonds. The lowest BCUT2D eigenvalue weighted by Crippen LogP contribution is -2.51. The second-order valence-electron chi connectivity index (χ2n) is 10.2. The van der Waals surface area contributed by atoms with Crippen molar-refractivity contribution in [3.05, 3.63) is 11.6 Å². The molecule has 4 aliphatic rings. The molecule has 0 bridgehead atoms. The number of ether oxygens (including phenoxy) is 1. The van der Waals surface area contributed by atoms with Crippen molar-refractivity contribution in [1.82, 2.24) is 0 Å². The van der Waals surface area contributed by atoms with Gasteiger partial charge in [-0.05, 0) is 79.6 Å². The molecule has 0 spiro atoms. The van der Waals surface area contributed by atoms with Gasteiger partial charge in [-0.15, -0.1) is 0 Å². The van der Waals surface area contributed by atoms with Crippen molar-refractivity contribution in [2.45, 2.75) is 71.6 Å². The zero-order chi connectivity index (χ0) is 21.0. The van der Waals surface area contributed by atoms with E-state index in [1.54, 1.807) is 0 Å². The highest BCUT2D eigenvalue weighted by Crippen LogP contribution is 2.66. The van der Waals surface area contributed by atoms with Gasteiger partial charge in [-0.3, -0.25) is 14.4 Å². The van der Waals surface area contributed by atoms with Crippen LogP contribution in [0.25, 0.3) is 0 Å². The summed E-state index contributed by atoms with van der Waals surface area (Å²) in [5, 5.41) is 0. The smallest absolute Gasteiger partial charge is 0.374 e. The highest BCUT2D eigenvalue weighted by Gasteiger charge is 2.60. The summed E-state index contributed by atoms with van der Waals surface area (Å²) < 4.78 is 4.48. The zero-order valence-corrected chi connectivity index (χ0v) is 17.8. The van der Waals surface area contributed by atoms with Gasteiger partial charge in [-0.2, -0.15) is 0 Å². The Hall–Kier alpha value is -1.78. The summed E-state index contributed by atoms with van der Waals surface area (Å²) in [5.74, 6) is 0.0443. The van der Waals surface area contributed by atoms with Gasteiger partial charge in [0.1, 0.15) is 5.78 Å². The number of esters is 1. The number of hydrogen-bond donors (Lipinski definition) is 0. The minimum Gasteiger partial charge on any atom is -0.463 e. The number of hydrogen-bond acceptors (Lipinski definition) is 5. The normalized spacial score (nSPS) is 40.9. The summed E-state index contributed by atoms with van der Waals surface area (Å²) in [4.78, 5) is 48.3. The van der Waals surface area contributed by atoms with Crippen molar-refractivity contribution in [1.29, 1.82) is 0 Å². The van der Waals surface area contributed by atoms with Gasteiger partial charge in [-0.25, -0.2) is 4.79 Å². The maximum absolute atomic E-state index is 12.9. The fourth-order valence-corrected chi connectivity index (χ4v) is 7.56. The Bertz CT molecular complexity index is 795. The van der Waals surface area contributed by atoms with Crippen LogP contribution in [-0.4, -0.2) is 30.4 Å². The van der Waals surface area contributed by atoms with Crippen LogP contribution in [0.4, 0.5) is 0 Å². The van der Waals surface area contributed by atoms with Crippen molar-refractivity contribution in [3.63, 3.8) is 0 Å². The minimum atomic E-state index is -0.923. The third-order valence-electron chi connectivity index (χ3n) is 9.10. The molecular formula is C24H32O5. The first-order chi connectivity index (χ1) is 13.7. The number of rotatable bonds is 4. The first-order valence-electron chi connectivity index (χ1n) is 11.1. The van der Waals surface area contributed by atoms with Crippen LogP contribution in [0.3, 0.4) is 0 Å². The van der Waals surface area contributed by atoms with E-state index in [4.69, 9.17) is 0 Å². The molecule has 0 heterocycles. The van der Waals surface area contributed by atoms with Gasteiger partial charge in [0.25, 0.3) is 0 Å². The molecule has 0 aromatic rings. The summed E-state index contributed by atoms with van der Waals surface area (Å²) >= 11 is 0. The Morgan fingerprint density at radius 2 is 1.79 bits per heavy atom. The molecule has 0 N–H and O–H groups in total. The number of carbonyl (C=O) groups is 4. The van der Waals surface area contributed by atoms with Gasteiger partial charge in [0.2, 0.25) is 5.78 Å². The van der Waals surface area contributed by atoms with E-state index in [0.29, 0.717) is 24.2 Å². The highest BCUT2D eigenvalue weighted by molar-refractivity contribution is 6.37. The molecule has 0 aromatic carbocycles. The number of methoxy groups -OCH3 is 1. The Labute approximate surface area is 172 Å². The van der Waals surface area contributed by atoms with E-state index >= 15 is 0 Å². The first kappa shape index (κ1) is 20.5. The number of Topliss-reactive ketones (excluding diaryl/α,β-unsaturated/α-hetero) is 2. The Morgan fingerprint density at radius 1 is 1.03 bits per heavy atom. The van der Waals surface area contributed by atoms with E-state index in [1.807, 2.05) is 6.08 Å². The quantitative estimate of drug-likeness (QED) is 0.407. The van der Waals surface area contributed by atoms with Gasteiger partial charge in [0.15, 0.2) is 5.78 Å². The largest absolute Gasteiger partial charge is 0.463 e. The third kappa shape index (κ3) is 3.12. The van der Waals surface area contributed by atoms with Crippen molar-refractivity contribution in [2.24, 2.45) is 34.5 Å². The predicted molar refractivity (Wildman–Crippen MR) is 107 cm³/mol. The lowest BCUT2D eigenvalue weighted by atomic mass is 9.46. The molecule has 0 aromatic heterocycles. The van der Waals surface area contributed by atoms with Crippen molar-refractivity contribution in [2.75, 3.05) is 7.11 Å². The third-order valence-corrected chi connectivity index (χ3v) is 9.10. The van der Waals surface area contributed by atoms with Gasteiger partial charge >= 0.3 is 5.97 Å². The number of ketones is 3. The first-order valence-corrected chi connectivity index (χ1v) is 11.1. The maximum Gasteiger partial charge on any atom is 0.374 e. The van der Waals surface area contributed by atoms with Crippen LogP contribution in [0.2, 0.25) is 0 Å². The van der Waals surface area contributed by atoms with Crippen molar-refractivity contribution in [3.8, 4) is 0 Å². The topological polar surface area (TPSA) is 77.5 Å². The molecule has 0 radical (unpaired) electrons. The summed E-state index contributed by atoms with van der Waals surface area (Å²) in [5.41, 5.74) is 1.39. The molecule has 5 heteroatoms. The minimum absolute atomic E-state index is 0.0866. The lowest BCUT2D eigenvalue weighted by Gasteiger charge is -2.58. The average Bonchev–Trinajstić information content (AvgIpc) is 3.05. The average molecular weight is 401 g/mol. The van der Waals surface area contributed by atoms with Crippen LogP contribution in [0.15, 0.2) is 11.6 Å². The molecule has 3 fully saturated rings.